The van der Waals surface area contributed by atoms with Gasteiger partial charge in [-0.05, 0) is 17.7 Å². The van der Waals surface area contributed by atoms with Gasteiger partial charge in [0.2, 0.25) is 0 Å². The van der Waals surface area contributed by atoms with E-state index in [1.165, 1.54) is 5.56 Å². The van der Waals surface area contributed by atoms with Crippen molar-refractivity contribution < 1.29 is 9.47 Å². The highest BCUT2D eigenvalue weighted by molar-refractivity contribution is 5.34. The molecule has 0 aliphatic heterocycles. The van der Waals surface area contributed by atoms with E-state index < -0.39 is 0 Å². The normalized spacial score (nSPS) is 11.1. The summed E-state index contributed by atoms with van der Waals surface area (Å²) in [4.78, 5) is 4.03. The van der Waals surface area contributed by atoms with Crippen LogP contribution >= 0.6 is 0 Å². The summed E-state index contributed by atoms with van der Waals surface area (Å²) in [5.74, 6) is 0. The van der Waals surface area contributed by atoms with Crippen LogP contribution in [0.3, 0.4) is 0 Å². The highest BCUT2D eigenvalue weighted by Gasteiger charge is 2.03. The van der Waals surface area contributed by atoms with Crippen LogP contribution in [-0.2, 0) is 16.0 Å². The van der Waals surface area contributed by atoms with E-state index in [0.29, 0.717) is 6.54 Å². The molecule has 1 N–H and O–H groups in total. The monoisotopic (exact) mass is 261 g/mol. The van der Waals surface area contributed by atoms with Crippen molar-refractivity contribution in [3.8, 4) is 5.69 Å². The van der Waals surface area contributed by atoms with Gasteiger partial charge in [0.25, 0.3) is 0 Å². The first-order valence-corrected chi connectivity index (χ1v) is 6.17. The van der Waals surface area contributed by atoms with Crippen molar-refractivity contribution in [1.82, 2.24) is 14.9 Å². The molecule has 0 atom stereocenters. The number of aromatic nitrogens is 2. The molecule has 1 aromatic heterocycles. The van der Waals surface area contributed by atoms with Gasteiger partial charge in [0.15, 0.2) is 6.29 Å². The van der Waals surface area contributed by atoms with Gasteiger partial charge in [-0.25, -0.2) is 4.98 Å². The van der Waals surface area contributed by atoms with E-state index >= 15 is 0 Å². The molecule has 2 rings (SSSR count). The largest absolute Gasteiger partial charge is 0.355 e. The van der Waals surface area contributed by atoms with Gasteiger partial charge in [-0.1, -0.05) is 12.1 Å². The summed E-state index contributed by atoms with van der Waals surface area (Å²) in [6.45, 7) is 1.45. The number of hydrogen-bond donors (Lipinski definition) is 1. The zero-order chi connectivity index (χ0) is 13.5. The van der Waals surface area contributed by atoms with E-state index in [1.807, 2.05) is 10.8 Å². The Morgan fingerprint density at radius 2 is 1.95 bits per heavy atom. The van der Waals surface area contributed by atoms with Gasteiger partial charge in [-0.15, -0.1) is 0 Å². The van der Waals surface area contributed by atoms with Gasteiger partial charge in [0.05, 0.1) is 6.33 Å². The molecule has 0 fully saturated rings. The van der Waals surface area contributed by atoms with Gasteiger partial charge in [-0.3, -0.25) is 0 Å². The van der Waals surface area contributed by atoms with E-state index in [0.717, 1.165) is 12.2 Å². The number of nitrogens with one attached hydrogen (secondary N) is 1. The number of hydrogen-bond acceptors (Lipinski definition) is 4. The van der Waals surface area contributed by atoms with Crippen molar-refractivity contribution in [3.63, 3.8) is 0 Å². The quantitative estimate of drug-likeness (QED) is 0.769. The smallest absolute Gasteiger partial charge is 0.169 e. The fourth-order valence-corrected chi connectivity index (χ4v) is 1.80. The van der Waals surface area contributed by atoms with Crippen molar-refractivity contribution in [2.45, 2.75) is 12.8 Å². The predicted molar refractivity (Wildman–Crippen MR) is 73.1 cm³/mol. The SMILES string of the molecule is COC(CNCc1ccc(-n2ccnc2)cc1)OC. The van der Waals surface area contributed by atoms with Crippen LogP contribution in [0, 0.1) is 0 Å². The third-order valence-electron chi connectivity index (χ3n) is 2.90. The van der Waals surface area contributed by atoms with Crippen LogP contribution in [-0.4, -0.2) is 36.6 Å². The Morgan fingerprint density at radius 3 is 2.53 bits per heavy atom. The molecule has 0 bridgehead atoms. The van der Waals surface area contributed by atoms with E-state index in [2.05, 4.69) is 34.6 Å². The van der Waals surface area contributed by atoms with Crippen molar-refractivity contribution in [1.29, 1.82) is 0 Å². The van der Waals surface area contributed by atoms with Gasteiger partial charge < -0.3 is 19.4 Å². The summed E-state index contributed by atoms with van der Waals surface area (Å²) in [5.41, 5.74) is 2.32. The summed E-state index contributed by atoms with van der Waals surface area (Å²) in [7, 11) is 3.27. The van der Waals surface area contributed by atoms with Crippen molar-refractivity contribution in [2.24, 2.45) is 0 Å². The molecule has 1 aromatic carbocycles. The number of rotatable bonds is 7. The second-order valence-corrected chi connectivity index (χ2v) is 4.17. The first-order chi connectivity index (χ1) is 9.33. The predicted octanol–water partition coefficient (Wildman–Crippen LogP) is 1.58. The molecular weight excluding hydrogens is 242 g/mol. The van der Waals surface area contributed by atoms with E-state index in [4.69, 9.17) is 9.47 Å². The Bertz CT molecular complexity index is 464. The molecule has 2 aromatic rings. The highest BCUT2D eigenvalue weighted by atomic mass is 16.7. The van der Waals surface area contributed by atoms with Crippen LogP contribution in [0.25, 0.3) is 5.69 Å². The fraction of sp³-hybridized carbons (Fsp3) is 0.357. The first-order valence-electron chi connectivity index (χ1n) is 6.17. The first kappa shape index (κ1) is 13.7. The lowest BCUT2D eigenvalue weighted by atomic mass is 10.2. The van der Waals surface area contributed by atoms with Gasteiger partial charge >= 0.3 is 0 Å². The van der Waals surface area contributed by atoms with Gasteiger partial charge in [-0.2, -0.15) is 0 Å². The summed E-state index contributed by atoms with van der Waals surface area (Å²) in [5, 5.41) is 3.29. The minimum absolute atomic E-state index is 0.203. The van der Waals surface area contributed by atoms with Crippen LogP contribution in [0.4, 0.5) is 0 Å². The average molecular weight is 261 g/mol. The van der Waals surface area contributed by atoms with Crippen LogP contribution < -0.4 is 5.32 Å². The molecule has 1 heterocycles. The Kier molecular flexibility index (Phi) is 5.09. The molecule has 102 valence electrons. The summed E-state index contributed by atoms with van der Waals surface area (Å²) in [6.07, 6.45) is 5.28. The van der Waals surface area contributed by atoms with Crippen molar-refractivity contribution in [3.05, 3.63) is 48.5 Å². The maximum Gasteiger partial charge on any atom is 0.169 e. The molecule has 0 spiro atoms. The molecule has 5 nitrogen and oxygen atoms in total. The second-order valence-electron chi connectivity index (χ2n) is 4.17. The molecule has 0 aliphatic carbocycles. The van der Waals surface area contributed by atoms with Crippen molar-refractivity contribution >= 4 is 0 Å². The minimum atomic E-state index is -0.203. The van der Waals surface area contributed by atoms with Crippen molar-refractivity contribution in [2.75, 3.05) is 20.8 Å². The molecular formula is C14H19N3O2. The van der Waals surface area contributed by atoms with Crippen LogP contribution in [0.15, 0.2) is 43.0 Å². The van der Waals surface area contributed by atoms with Crippen LogP contribution in [0.1, 0.15) is 5.56 Å². The number of imidazole rings is 1. The Balaban J connectivity index is 1.85. The number of methoxy groups -OCH3 is 2. The van der Waals surface area contributed by atoms with E-state index in [-0.39, 0.29) is 6.29 Å². The lowest BCUT2D eigenvalue weighted by molar-refractivity contribution is -0.0989. The lowest BCUT2D eigenvalue weighted by Crippen LogP contribution is -2.29. The van der Waals surface area contributed by atoms with E-state index in [1.54, 1.807) is 26.7 Å². The molecule has 0 saturated heterocycles. The minimum Gasteiger partial charge on any atom is -0.355 e. The third-order valence-corrected chi connectivity index (χ3v) is 2.90. The average Bonchev–Trinajstić information content (AvgIpc) is 2.98. The second kappa shape index (κ2) is 7.04. The third kappa shape index (κ3) is 3.89. The molecule has 5 heteroatoms. The molecule has 0 amide bonds. The number of benzene rings is 1. The molecule has 0 unspecified atom stereocenters. The maximum atomic E-state index is 5.11. The summed E-state index contributed by atoms with van der Waals surface area (Å²) in [6, 6.07) is 8.33. The zero-order valence-electron chi connectivity index (χ0n) is 11.2. The van der Waals surface area contributed by atoms with Gasteiger partial charge in [0.1, 0.15) is 0 Å². The van der Waals surface area contributed by atoms with E-state index in [9.17, 15) is 0 Å². The summed E-state index contributed by atoms with van der Waals surface area (Å²) >= 11 is 0. The summed E-state index contributed by atoms with van der Waals surface area (Å²) < 4.78 is 12.2. The standard InChI is InChI=1S/C14H19N3O2/c1-18-14(19-2)10-16-9-12-3-5-13(6-4-12)17-8-7-15-11-17/h3-8,11,14,16H,9-10H2,1-2H3. The zero-order valence-corrected chi connectivity index (χ0v) is 11.2. The highest BCUT2D eigenvalue weighted by Crippen LogP contribution is 2.09. The van der Waals surface area contributed by atoms with Crippen LogP contribution in [0.5, 0.6) is 0 Å². The molecule has 0 saturated carbocycles. The molecule has 0 aliphatic rings. The Labute approximate surface area is 113 Å². The molecule has 0 radical (unpaired) electrons. The number of nitrogens with zero attached hydrogens (tertiary/aromatic N) is 2. The fourth-order valence-electron chi connectivity index (χ4n) is 1.80. The Hall–Kier alpha value is -1.69. The van der Waals surface area contributed by atoms with Crippen LogP contribution in [0.2, 0.25) is 0 Å². The Morgan fingerprint density at radius 1 is 1.21 bits per heavy atom. The lowest BCUT2D eigenvalue weighted by Gasteiger charge is -2.14. The van der Waals surface area contributed by atoms with Gasteiger partial charge in [0, 0.05) is 45.4 Å². The molecule has 19 heavy (non-hydrogen) atoms. The number of ether oxygens (including phenoxy) is 2. The topological polar surface area (TPSA) is 48.3 Å². The maximum absolute atomic E-state index is 5.11.